The maximum atomic E-state index is 2.35. The minimum Gasteiger partial charge on any atom is -0.0741 e. The Morgan fingerprint density at radius 1 is 1.29 bits per heavy atom. The third kappa shape index (κ3) is 6.65. The molecule has 0 atom stereocenters. The molecule has 0 aromatic rings. The molecule has 0 amide bonds. The van der Waals surface area contributed by atoms with Crippen molar-refractivity contribution in [2.75, 3.05) is 0 Å². The summed E-state index contributed by atoms with van der Waals surface area (Å²) in [7, 11) is 3.77. The summed E-state index contributed by atoms with van der Waals surface area (Å²) in [6, 6.07) is 0. The Labute approximate surface area is 54.8 Å². The number of hydrogen-bond donors (Lipinski definition) is 0. The zero-order chi connectivity index (χ0) is 5.86. The van der Waals surface area contributed by atoms with E-state index >= 15 is 0 Å². The molecule has 0 rings (SSSR count). The standard InChI is InChI=1S/C4H15Si3/c1-3(2)7-4(5)6/h3-4,7H,1-2,5-6H3. The lowest BCUT2D eigenvalue weighted by Gasteiger charge is -2.03. The lowest BCUT2D eigenvalue weighted by molar-refractivity contribution is 1.06. The molecule has 3 heteroatoms. The van der Waals surface area contributed by atoms with Crippen LogP contribution in [-0.4, -0.2) is 30.0 Å². The van der Waals surface area contributed by atoms with Gasteiger partial charge in [-0.05, 0) is 20.5 Å². The largest absolute Gasteiger partial charge is 0.0741 e. The highest BCUT2D eigenvalue weighted by atomic mass is 28.3. The van der Waals surface area contributed by atoms with Gasteiger partial charge in [0.25, 0.3) is 0 Å². The van der Waals surface area contributed by atoms with Crippen LogP contribution in [0.25, 0.3) is 0 Å². The fraction of sp³-hybridized carbons (Fsp3) is 1.00. The van der Waals surface area contributed by atoms with Crippen LogP contribution in [-0.2, 0) is 0 Å². The zero-order valence-electron chi connectivity index (χ0n) is 5.73. The van der Waals surface area contributed by atoms with Gasteiger partial charge in [-0.2, -0.15) is 0 Å². The maximum absolute atomic E-state index is 2.35. The molecule has 0 spiro atoms. The first-order chi connectivity index (χ1) is 3.13. The van der Waals surface area contributed by atoms with E-state index in [2.05, 4.69) is 13.8 Å². The molecule has 0 N–H and O–H groups in total. The van der Waals surface area contributed by atoms with Crippen LogP contribution in [0.5, 0.6) is 0 Å². The number of hydrogen-bond acceptors (Lipinski definition) is 0. The molecule has 0 fully saturated rings. The molecule has 0 nitrogen and oxygen atoms in total. The predicted molar refractivity (Wildman–Crippen MR) is 45.9 cm³/mol. The van der Waals surface area contributed by atoms with Crippen molar-refractivity contribution in [3.05, 3.63) is 0 Å². The minimum atomic E-state index is 0.836. The van der Waals surface area contributed by atoms with Crippen LogP contribution in [0.2, 0.25) is 10.3 Å². The van der Waals surface area contributed by atoms with E-state index in [9.17, 15) is 0 Å². The van der Waals surface area contributed by atoms with Gasteiger partial charge in [0.1, 0.15) is 0 Å². The Balaban J connectivity index is 2.95. The van der Waals surface area contributed by atoms with Crippen molar-refractivity contribution in [1.82, 2.24) is 0 Å². The van der Waals surface area contributed by atoms with E-state index in [4.69, 9.17) is 0 Å². The van der Waals surface area contributed by atoms with Gasteiger partial charge in [0.15, 0.2) is 0 Å². The quantitative estimate of drug-likeness (QED) is 0.425. The zero-order valence-corrected chi connectivity index (χ0v) is 10.9. The third-order valence-electron chi connectivity index (χ3n) is 0.770. The van der Waals surface area contributed by atoms with Crippen molar-refractivity contribution < 1.29 is 0 Å². The summed E-state index contributed by atoms with van der Waals surface area (Å²) >= 11 is 0. The molecule has 0 saturated heterocycles. The Hall–Kier alpha value is 0.651. The van der Waals surface area contributed by atoms with Gasteiger partial charge in [-0.1, -0.05) is 24.2 Å². The summed E-state index contributed by atoms with van der Waals surface area (Å²) in [4.78, 5) is 1.24. The molecule has 1 radical (unpaired) electrons. The highest BCUT2D eigenvalue weighted by Gasteiger charge is 1.97. The van der Waals surface area contributed by atoms with E-state index in [0.29, 0.717) is 0 Å². The van der Waals surface area contributed by atoms with Gasteiger partial charge < -0.3 is 0 Å². The van der Waals surface area contributed by atoms with Gasteiger partial charge in [0.05, 0.1) is 0 Å². The molecule has 0 saturated carbocycles. The molecule has 0 bridgehead atoms. The van der Waals surface area contributed by atoms with Crippen LogP contribution >= 0.6 is 0 Å². The molecule has 0 aliphatic heterocycles. The molecule has 0 aliphatic rings. The Kier molecular flexibility index (Phi) is 3.97. The van der Waals surface area contributed by atoms with E-state index in [1.54, 1.807) is 0 Å². The topological polar surface area (TPSA) is 0 Å². The first-order valence-electron chi connectivity index (χ1n) is 2.98. The average molecular weight is 147 g/mol. The van der Waals surface area contributed by atoms with Crippen molar-refractivity contribution in [2.45, 2.75) is 24.2 Å². The molecule has 43 valence electrons. The summed E-state index contributed by atoms with van der Waals surface area (Å²) < 4.78 is 0. The second-order valence-electron chi connectivity index (χ2n) is 2.68. The van der Waals surface area contributed by atoms with Crippen LogP contribution in [0.4, 0.5) is 0 Å². The van der Waals surface area contributed by atoms with Crippen molar-refractivity contribution in [3.8, 4) is 0 Å². The first-order valence-corrected chi connectivity index (χ1v) is 6.62. The summed E-state index contributed by atoms with van der Waals surface area (Å²) in [5, 5.41) is 0. The second-order valence-corrected chi connectivity index (χ2v) is 14.4. The Morgan fingerprint density at radius 3 is 1.71 bits per heavy atom. The van der Waals surface area contributed by atoms with Crippen molar-refractivity contribution >= 4 is 30.0 Å². The molecule has 0 aromatic carbocycles. The van der Waals surface area contributed by atoms with Gasteiger partial charge in [0, 0.05) is 9.52 Å². The molecule has 0 aliphatic carbocycles. The van der Waals surface area contributed by atoms with Crippen LogP contribution in [0.1, 0.15) is 13.8 Å². The second kappa shape index (κ2) is 3.63. The molecular weight excluding hydrogens is 132 g/mol. The van der Waals surface area contributed by atoms with E-state index in [1.165, 1.54) is 25.3 Å². The molecule has 0 unspecified atom stereocenters. The third-order valence-corrected chi connectivity index (χ3v) is 4.62. The SMILES string of the molecule is CC(C)[SiH]C([SiH3])[SiH3]. The number of rotatable bonds is 2. The Morgan fingerprint density at radius 2 is 1.71 bits per heavy atom. The summed E-state index contributed by atoms with van der Waals surface area (Å²) in [6.07, 6.45) is 0. The fourth-order valence-corrected chi connectivity index (χ4v) is 6.93. The monoisotopic (exact) mass is 147 g/mol. The van der Waals surface area contributed by atoms with E-state index in [-0.39, 0.29) is 0 Å². The molecular formula is C4H15Si3. The van der Waals surface area contributed by atoms with Gasteiger partial charge in [-0.3, -0.25) is 0 Å². The minimum absolute atomic E-state index is 0.836. The molecule has 0 heterocycles. The van der Waals surface area contributed by atoms with Crippen LogP contribution < -0.4 is 0 Å². The van der Waals surface area contributed by atoms with Crippen LogP contribution in [0, 0.1) is 0 Å². The molecule has 7 heavy (non-hydrogen) atoms. The lowest BCUT2D eigenvalue weighted by atomic mass is 10.6. The fourth-order valence-electron chi connectivity index (χ4n) is 0.770. The predicted octanol–water partition coefficient (Wildman–Crippen LogP) is -1.31. The maximum Gasteiger partial charge on any atom is 0.0268 e. The smallest absolute Gasteiger partial charge is 0.0268 e. The van der Waals surface area contributed by atoms with Crippen molar-refractivity contribution in [3.63, 3.8) is 0 Å². The summed E-state index contributed by atoms with van der Waals surface area (Å²) in [6.45, 7) is 4.69. The highest BCUT2D eigenvalue weighted by Crippen LogP contribution is 2.02. The highest BCUT2D eigenvalue weighted by molar-refractivity contribution is 6.64. The Bertz CT molecular complexity index is 36.2. The van der Waals surface area contributed by atoms with E-state index in [1.807, 2.05) is 0 Å². The first kappa shape index (κ1) is 7.65. The van der Waals surface area contributed by atoms with E-state index < -0.39 is 0 Å². The van der Waals surface area contributed by atoms with Crippen LogP contribution in [0.15, 0.2) is 0 Å². The van der Waals surface area contributed by atoms with Gasteiger partial charge in [-0.15, -0.1) is 0 Å². The van der Waals surface area contributed by atoms with Crippen molar-refractivity contribution in [2.24, 2.45) is 0 Å². The normalized spacial score (nSPS) is 15.9. The van der Waals surface area contributed by atoms with Gasteiger partial charge in [-0.25, -0.2) is 0 Å². The average Bonchev–Trinajstić information content (AvgIpc) is 1.27. The van der Waals surface area contributed by atoms with Gasteiger partial charge in [0.2, 0.25) is 0 Å². The lowest BCUT2D eigenvalue weighted by Crippen LogP contribution is -2.05. The summed E-state index contributed by atoms with van der Waals surface area (Å²) in [5.41, 5.74) is 1.03. The van der Waals surface area contributed by atoms with E-state index in [0.717, 1.165) is 15.1 Å². The summed E-state index contributed by atoms with van der Waals surface area (Å²) in [5.74, 6) is 0. The molecule has 0 aromatic heterocycles. The van der Waals surface area contributed by atoms with Crippen molar-refractivity contribution in [1.29, 1.82) is 0 Å². The van der Waals surface area contributed by atoms with Crippen LogP contribution in [0.3, 0.4) is 0 Å². The van der Waals surface area contributed by atoms with Gasteiger partial charge >= 0.3 is 0 Å².